The van der Waals surface area contributed by atoms with Crippen molar-refractivity contribution in [2.45, 2.75) is 62.4 Å². The molecule has 1 unspecified atom stereocenters. The molecule has 6 atom stereocenters. The monoisotopic (exact) mass is 613 g/mol. The number of phenolic OH excluding ortho intramolecular Hbond substituents is 2. The number of carbonyl (C=O) groups is 3. The van der Waals surface area contributed by atoms with Crippen LogP contribution in [-0.2, 0) is 25.4 Å². The minimum absolute atomic E-state index is 0.0425. The molecule has 6 rings (SSSR count). The maximum absolute atomic E-state index is 13.8. The molecule has 13 nitrogen and oxygen atoms in total. The van der Waals surface area contributed by atoms with E-state index in [1.165, 1.54) is 25.3 Å². The van der Waals surface area contributed by atoms with E-state index in [1.807, 2.05) is 0 Å². The number of fused-ring (bicyclic) bond motifs is 3. The number of aromatic hydroxyl groups is 2. The van der Waals surface area contributed by atoms with Crippen LogP contribution in [0.1, 0.15) is 68.8 Å². The lowest BCUT2D eigenvalue weighted by Gasteiger charge is -2.46. The molecule has 0 spiro atoms. The predicted molar refractivity (Wildman–Crippen MR) is 150 cm³/mol. The van der Waals surface area contributed by atoms with E-state index in [2.05, 4.69) is 4.90 Å². The second kappa shape index (κ2) is 11.5. The summed E-state index contributed by atoms with van der Waals surface area (Å²) in [6, 6.07) is 4.04. The fraction of sp³-hybridized carbons (Fsp3) is 0.516. The summed E-state index contributed by atoms with van der Waals surface area (Å²) in [4.78, 5) is 42.3. The SMILES string of the molecule is COc1cccc2c1C(=O)c1c(O)c3c(c(O)c1C2=O)C[C@@](O)(C(=O)CO)C[C@@H]3OC1C[C@H](N2CCOCC2)[C@H](O)[C@H](C)O1. The Balaban J connectivity index is 1.45. The molecule has 2 saturated heterocycles. The van der Waals surface area contributed by atoms with E-state index in [4.69, 9.17) is 18.9 Å². The summed E-state index contributed by atoms with van der Waals surface area (Å²) in [5, 5.41) is 55.2. The van der Waals surface area contributed by atoms with Gasteiger partial charge in [0.05, 0.1) is 55.3 Å². The zero-order valence-corrected chi connectivity index (χ0v) is 24.3. The van der Waals surface area contributed by atoms with E-state index in [0.29, 0.717) is 26.3 Å². The van der Waals surface area contributed by atoms with Gasteiger partial charge in [0.1, 0.15) is 29.5 Å². The third-order valence-corrected chi connectivity index (χ3v) is 9.24. The number of nitrogens with zero attached hydrogens (tertiary/aromatic N) is 1. The quantitative estimate of drug-likeness (QED) is 0.240. The molecular formula is C31H35NO12. The molecule has 5 N–H and O–H groups in total. The van der Waals surface area contributed by atoms with E-state index in [1.54, 1.807) is 6.92 Å². The average molecular weight is 614 g/mol. The zero-order valence-electron chi connectivity index (χ0n) is 24.3. The van der Waals surface area contributed by atoms with Gasteiger partial charge < -0.3 is 44.5 Å². The molecule has 2 aliphatic carbocycles. The molecule has 13 heteroatoms. The number of methoxy groups -OCH3 is 1. The van der Waals surface area contributed by atoms with Crippen LogP contribution < -0.4 is 4.74 Å². The number of aliphatic hydroxyl groups is 3. The molecule has 2 aliphatic heterocycles. The molecule has 0 aromatic heterocycles. The number of hydrogen-bond acceptors (Lipinski definition) is 13. The zero-order chi connectivity index (χ0) is 31.5. The van der Waals surface area contributed by atoms with Crippen molar-refractivity contribution in [3.05, 3.63) is 51.6 Å². The van der Waals surface area contributed by atoms with Gasteiger partial charge in [-0.2, -0.15) is 0 Å². The van der Waals surface area contributed by atoms with Crippen molar-refractivity contribution in [3.8, 4) is 17.2 Å². The Labute approximate surface area is 252 Å². The van der Waals surface area contributed by atoms with Gasteiger partial charge in [0.15, 0.2) is 17.9 Å². The number of rotatable bonds is 6. The molecule has 2 aromatic rings. The van der Waals surface area contributed by atoms with Crippen molar-refractivity contribution < 1.29 is 58.9 Å². The van der Waals surface area contributed by atoms with Crippen LogP contribution in [-0.4, -0.2) is 118 Å². The second-order valence-electron chi connectivity index (χ2n) is 11.7. The molecule has 2 aromatic carbocycles. The van der Waals surface area contributed by atoms with Gasteiger partial charge in [0, 0.05) is 55.1 Å². The van der Waals surface area contributed by atoms with Gasteiger partial charge in [-0.1, -0.05) is 12.1 Å². The molecule has 4 aliphatic rings. The number of ketones is 3. The number of Topliss-reactive ketones (excluding diaryl/α,β-unsaturated/α-hetero) is 1. The van der Waals surface area contributed by atoms with E-state index in [-0.39, 0.29) is 40.5 Å². The van der Waals surface area contributed by atoms with Crippen LogP contribution in [0.25, 0.3) is 0 Å². The highest BCUT2D eigenvalue weighted by Crippen LogP contribution is 2.52. The van der Waals surface area contributed by atoms with Gasteiger partial charge in [-0.15, -0.1) is 0 Å². The third kappa shape index (κ3) is 4.79. The van der Waals surface area contributed by atoms with Crippen LogP contribution in [0.2, 0.25) is 0 Å². The first-order chi connectivity index (χ1) is 21.0. The lowest BCUT2D eigenvalue weighted by atomic mass is 9.72. The lowest BCUT2D eigenvalue weighted by molar-refractivity contribution is -0.260. The van der Waals surface area contributed by atoms with Crippen molar-refractivity contribution in [2.75, 3.05) is 40.0 Å². The van der Waals surface area contributed by atoms with Crippen molar-refractivity contribution in [1.29, 1.82) is 0 Å². The summed E-state index contributed by atoms with van der Waals surface area (Å²) >= 11 is 0. The number of aliphatic hydroxyl groups excluding tert-OH is 2. The number of ether oxygens (including phenoxy) is 4. The maximum atomic E-state index is 13.8. The number of carbonyl (C=O) groups excluding carboxylic acids is 3. The number of hydrogen-bond donors (Lipinski definition) is 5. The summed E-state index contributed by atoms with van der Waals surface area (Å²) in [6.45, 7) is 2.83. The summed E-state index contributed by atoms with van der Waals surface area (Å²) in [5.41, 5.74) is -3.52. The topological polar surface area (TPSA) is 193 Å². The molecule has 2 heterocycles. The van der Waals surface area contributed by atoms with Crippen molar-refractivity contribution in [1.82, 2.24) is 4.90 Å². The Hall–Kier alpha value is -3.43. The van der Waals surface area contributed by atoms with Crippen LogP contribution in [0, 0.1) is 0 Å². The lowest BCUT2D eigenvalue weighted by Crippen LogP contribution is -2.58. The average Bonchev–Trinajstić information content (AvgIpc) is 3.02. The second-order valence-corrected chi connectivity index (χ2v) is 11.7. The molecule has 44 heavy (non-hydrogen) atoms. The number of phenols is 2. The van der Waals surface area contributed by atoms with E-state index in [0.717, 1.165) is 0 Å². The molecule has 236 valence electrons. The molecule has 0 bridgehead atoms. The molecule has 0 radical (unpaired) electrons. The van der Waals surface area contributed by atoms with Crippen LogP contribution in [0.15, 0.2) is 18.2 Å². The van der Waals surface area contributed by atoms with Crippen LogP contribution in [0.3, 0.4) is 0 Å². The Morgan fingerprint density at radius 2 is 1.80 bits per heavy atom. The van der Waals surface area contributed by atoms with E-state index in [9.17, 15) is 39.9 Å². The minimum Gasteiger partial charge on any atom is -0.507 e. The minimum atomic E-state index is -2.24. The summed E-state index contributed by atoms with van der Waals surface area (Å²) < 4.78 is 23.0. The van der Waals surface area contributed by atoms with Crippen LogP contribution >= 0.6 is 0 Å². The van der Waals surface area contributed by atoms with Gasteiger partial charge in [-0.25, -0.2) is 0 Å². The standard InChI is InChI=1S/C31H35NO12/c1-14-26(35)17(32-6-8-42-9-7-32)10-21(43-14)44-19-12-31(40,20(34)13-33)11-16-23(19)30(39)25-24(28(16)37)27(36)15-4-3-5-18(41-2)22(15)29(25)38/h3-5,14,17,19,21,26,33,35,37,39-40H,6-13H2,1-2H3/t14-,17-,19-,21?,26+,31-/m0/s1. The van der Waals surface area contributed by atoms with Crippen LogP contribution in [0.5, 0.6) is 17.2 Å². The molecule has 2 fully saturated rings. The third-order valence-electron chi connectivity index (χ3n) is 9.24. The Morgan fingerprint density at radius 1 is 1.09 bits per heavy atom. The van der Waals surface area contributed by atoms with E-state index >= 15 is 0 Å². The Bertz CT molecular complexity index is 1520. The first-order valence-corrected chi connectivity index (χ1v) is 14.5. The van der Waals surface area contributed by atoms with Gasteiger partial charge >= 0.3 is 0 Å². The highest BCUT2D eigenvalue weighted by molar-refractivity contribution is 6.31. The number of benzene rings is 2. The normalized spacial score (nSPS) is 30.3. The van der Waals surface area contributed by atoms with Gasteiger partial charge in [0.25, 0.3) is 0 Å². The molecule has 0 saturated carbocycles. The highest BCUT2D eigenvalue weighted by Gasteiger charge is 2.50. The fourth-order valence-corrected chi connectivity index (χ4v) is 6.96. The summed E-state index contributed by atoms with van der Waals surface area (Å²) in [6.07, 6.45) is -4.66. The van der Waals surface area contributed by atoms with Crippen LogP contribution in [0.4, 0.5) is 0 Å². The Morgan fingerprint density at radius 3 is 2.48 bits per heavy atom. The van der Waals surface area contributed by atoms with Crippen molar-refractivity contribution in [3.63, 3.8) is 0 Å². The van der Waals surface area contributed by atoms with Gasteiger partial charge in [-0.05, 0) is 13.0 Å². The highest BCUT2D eigenvalue weighted by atomic mass is 16.7. The summed E-state index contributed by atoms with van der Waals surface area (Å²) in [7, 11) is 1.34. The van der Waals surface area contributed by atoms with Gasteiger partial charge in [-0.3, -0.25) is 19.3 Å². The molecular weight excluding hydrogens is 578 g/mol. The van der Waals surface area contributed by atoms with E-state index < -0.39 is 89.6 Å². The molecule has 0 amide bonds. The van der Waals surface area contributed by atoms with Crippen molar-refractivity contribution >= 4 is 17.3 Å². The van der Waals surface area contributed by atoms with Gasteiger partial charge in [0.2, 0.25) is 5.78 Å². The smallest absolute Gasteiger partial charge is 0.202 e. The number of morpholine rings is 1. The van der Waals surface area contributed by atoms with Crippen molar-refractivity contribution in [2.24, 2.45) is 0 Å². The predicted octanol–water partition coefficient (Wildman–Crippen LogP) is 0.375. The fourth-order valence-electron chi connectivity index (χ4n) is 6.96. The summed E-state index contributed by atoms with van der Waals surface area (Å²) in [5.74, 6) is -3.68. The largest absolute Gasteiger partial charge is 0.507 e. The first kappa shape index (κ1) is 30.6. The maximum Gasteiger partial charge on any atom is 0.202 e. The first-order valence-electron chi connectivity index (χ1n) is 14.5. The Kier molecular flexibility index (Phi) is 7.99.